The fourth-order valence-electron chi connectivity index (χ4n) is 3.33. The van der Waals surface area contributed by atoms with Gasteiger partial charge in [-0.25, -0.2) is 4.98 Å². The Hall–Kier alpha value is -3.80. The molecule has 2 aromatic heterocycles. The number of oxazole rings is 1. The van der Waals surface area contributed by atoms with Gasteiger partial charge in [-0.2, -0.15) is 5.26 Å². The molecule has 0 aliphatic carbocycles. The van der Waals surface area contributed by atoms with Crippen molar-refractivity contribution >= 4 is 11.0 Å². The molecule has 0 saturated carbocycles. The number of nitriles is 1. The van der Waals surface area contributed by atoms with Crippen LogP contribution >= 0.6 is 0 Å². The SMILES string of the molecule is C#CCOC(C#N)Cc1ccc2oc(Cc3nc(-c4ccccc4)oc3C)cc2c1. The molecule has 0 saturated heterocycles. The van der Waals surface area contributed by atoms with Crippen LogP contribution < -0.4 is 0 Å². The molecule has 0 N–H and O–H groups in total. The van der Waals surface area contributed by atoms with Gasteiger partial charge in [0.2, 0.25) is 5.89 Å². The van der Waals surface area contributed by atoms with Crippen LogP contribution in [0, 0.1) is 30.6 Å². The fraction of sp³-hybridized carbons (Fsp3) is 0.200. The minimum absolute atomic E-state index is 0.123. The van der Waals surface area contributed by atoms with Gasteiger partial charge in [0.15, 0.2) is 0 Å². The average Bonchev–Trinajstić information content (AvgIpc) is 3.34. The van der Waals surface area contributed by atoms with E-state index in [1.807, 2.05) is 61.5 Å². The molecule has 0 aliphatic rings. The highest BCUT2D eigenvalue weighted by Gasteiger charge is 2.15. The van der Waals surface area contributed by atoms with E-state index in [1.165, 1.54) is 0 Å². The highest BCUT2D eigenvalue weighted by Crippen LogP contribution is 2.26. The quantitative estimate of drug-likeness (QED) is 0.408. The highest BCUT2D eigenvalue weighted by molar-refractivity contribution is 5.78. The summed E-state index contributed by atoms with van der Waals surface area (Å²) in [6.07, 6.45) is 5.64. The van der Waals surface area contributed by atoms with Crippen LogP contribution in [0.15, 0.2) is 63.4 Å². The molecule has 1 atom stereocenters. The van der Waals surface area contributed by atoms with Crippen LogP contribution in [0.4, 0.5) is 0 Å². The molecule has 30 heavy (non-hydrogen) atoms. The van der Waals surface area contributed by atoms with Crippen LogP contribution in [-0.4, -0.2) is 17.7 Å². The van der Waals surface area contributed by atoms with Crippen molar-refractivity contribution in [3.8, 4) is 29.9 Å². The smallest absolute Gasteiger partial charge is 0.226 e. The van der Waals surface area contributed by atoms with E-state index in [0.717, 1.165) is 39.3 Å². The molecular weight excluding hydrogens is 376 g/mol. The molecule has 0 aliphatic heterocycles. The van der Waals surface area contributed by atoms with Gasteiger partial charge < -0.3 is 13.6 Å². The van der Waals surface area contributed by atoms with Crippen LogP contribution in [0.2, 0.25) is 0 Å². The van der Waals surface area contributed by atoms with Crippen molar-refractivity contribution in [2.45, 2.75) is 25.9 Å². The zero-order chi connectivity index (χ0) is 20.9. The Bertz CT molecular complexity index is 1240. The van der Waals surface area contributed by atoms with Crippen molar-refractivity contribution in [2.75, 3.05) is 6.61 Å². The molecule has 0 spiro atoms. The number of fused-ring (bicyclic) bond motifs is 1. The maximum Gasteiger partial charge on any atom is 0.226 e. The average molecular weight is 396 g/mol. The number of nitrogens with zero attached hydrogens (tertiary/aromatic N) is 2. The summed E-state index contributed by atoms with van der Waals surface area (Å²) in [6.45, 7) is 2.03. The summed E-state index contributed by atoms with van der Waals surface area (Å²) in [5.74, 6) is 4.58. The predicted octanol–water partition coefficient (Wildman–Crippen LogP) is 5.07. The number of ether oxygens (including phenoxy) is 1. The van der Waals surface area contributed by atoms with Gasteiger partial charge >= 0.3 is 0 Å². The minimum atomic E-state index is -0.570. The van der Waals surface area contributed by atoms with Crippen LogP contribution in [0.1, 0.15) is 22.8 Å². The van der Waals surface area contributed by atoms with Gasteiger partial charge in [-0.05, 0) is 42.8 Å². The van der Waals surface area contributed by atoms with Gasteiger partial charge in [0.25, 0.3) is 0 Å². The molecular formula is C25H20N2O3. The third-order valence-electron chi connectivity index (χ3n) is 4.82. The van der Waals surface area contributed by atoms with E-state index in [-0.39, 0.29) is 6.61 Å². The molecule has 2 aromatic carbocycles. The largest absolute Gasteiger partial charge is 0.461 e. The summed E-state index contributed by atoms with van der Waals surface area (Å²) in [5, 5.41) is 10.2. The highest BCUT2D eigenvalue weighted by atomic mass is 16.5. The summed E-state index contributed by atoms with van der Waals surface area (Å²) in [5.41, 5.74) is 3.57. The van der Waals surface area contributed by atoms with Crippen molar-refractivity contribution in [1.29, 1.82) is 5.26 Å². The van der Waals surface area contributed by atoms with Crippen molar-refractivity contribution < 1.29 is 13.6 Å². The van der Waals surface area contributed by atoms with Crippen LogP contribution in [0.3, 0.4) is 0 Å². The van der Waals surface area contributed by atoms with E-state index in [0.29, 0.717) is 18.7 Å². The molecule has 4 aromatic rings. The lowest BCUT2D eigenvalue weighted by atomic mass is 10.1. The Labute approximate surface area is 174 Å². The zero-order valence-corrected chi connectivity index (χ0v) is 16.6. The summed E-state index contributed by atoms with van der Waals surface area (Å²) in [6, 6.07) is 19.8. The van der Waals surface area contributed by atoms with Crippen LogP contribution in [0.5, 0.6) is 0 Å². The molecule has 0 radical (unpaired) electrons. The first-order valence-electron chi connectivity index (χ1n) is 9.64. The van der Waals surface area contributed by atoms with E-state index in [1.54, 1.807) is 0 Å². The van der Waals surface area contributed by atoms with Crippen LogP contribution in [-0.2, 0) is 17.6 Å². The summed E-state index contributed by atoms with van der Waals surface area (Å²) < 4.78 is 17.2. The number of benzene rings is 2. The van der Waals surface area contributed by atoms with Gasteiger partial charge in [-0.3, -0.25) is 0 Å². The molecule has 4 rings (SSSR count). The number of aryl methyl sites for hydroxylation is 1. The predicted molar refractivity (Wildman–Crippen MR) is 114 cm³/mol. The fourth-order valence-corrected chi connectivity index (χ4v) is 3.33. The Balaban J connectivity index is 1.53. The normalized spacial score (nSPS) is 11.8. The summed E-state index contributed by atoms with van der Waals surface area (Å²) in [7, 11) is 0. The lowest BCUT2D eigenvalue weighted by molar-refractivity contribution is 0.119. The number of furan rings is 1. The zero-order valence-electron chi connectivity index (χ0n) is 16.6. The first kappa shape index (κ1) is 19.5. The molecule has 2 heterocycles. The van der Waals surface area contributed by atoms with E-state index >= 15 is 0 Å². The monoisotopic (exact) mass is 396 g/mol. The summed E-state index contributed by atoms with van der Waals surface area (Å²) in [4.78, 5) is 4.65. The molecule has 0 amide bonds. The van der Waals surface area contributed by atoms with E-state index in [4.69, 9.17) is 20.0 Å². The third-order valence-corrected chi connectivity index (χ3v) is 4.82. The summed E-state index contributed by atoms with van der Waals surface area (Å²) >= 11 is 0. The van der Waals surface area contributed by atoms with Crippen molar-refractivity contribution in [2.24, 2.45) is 0 Å². The van der Waals surface area contributed by atoms with Crippen LogP contribution in [0.25, 0.3) is 22.4 Å². The molecule has 5 heteroatoms. The maximum absolute atomic E-state index is 9.23. The maximum atomic E-state index is 9.23. The first-order valence-corrected chi connectivity index (χ1v) is 9.64. The Morgan fingerprint density at radius 3 is 2.73 bits per heavy atom. The van der Waals surface area contributed by atoms with Gasteiger partial charge in [0.1, 0.15) is 29.8 Å². The Kier molecular flexibility index (Phi) is 5.66. The second-order valence-electron chi connectivity index (χ2n) is 6.99. The second-order valence-corrected chi connectivity index (χ2v) is 6.99. The van der Waals surface area contributed by atoms with Crippen molar-refractivity contribution in [3.63, 3.8) is 0 Å². The molecule has 5 nitrogen and oxygen atoms in total. The van der Waals surface area contributed by atoms with Gasteiger partial charge in [0.05, 0.1) is 18.2 Å². The number of terminal acetylenes is 1. The first-order chi connectivity index (χ1) is 14.7. The Morgan fingerprint density at radius 1 is 1.13 bits per heavy atom. The van der Waals surface area contributed by atoms with E-state index in [9.17, 15) is 5.26 Å². The minimum Gasteiger partial charge on any atom is -0.461 e. The van der Waals surface area contributed by atoms with Gasteiger partial charge in [0, 0.05) is 17.4 Å². The van der Waals surface area contributed by atoms with E-state index in [2.05, 4.69) is 17.0 Å². The number of hydrogen-bond acceptors (Lipinski definition) is 5. The van der Waals surface area contributed by atoms with Crippen molar-refractivity contribution in [3.05, 3.63) is 77.4 Å². The molecule has 0 bridgehead atoms. The lowest BCUT2D eigenvalue weighted by Crippen LogP contribution is -2.13. The van der Waals surface area contributed by atoms with Crippen molar-refractivity contribution in [1.82, 2.24) is 4.98 Å². The molecule has 0 fully saturated rings. The standard InChI is InChI=1S/C25H20N2O3/c1-3-11-28-22(16-26)13-18-9-10-24-20(12-18)14-21(30-24)15-23-17(2)29-25(27-23)19-7-5-4-6-8-19/h1,4-10,12,14,22H,11,13,15H2,2H3. The number of aromatic nitrogens is 1. The topological polar surface area (TPSA) is 72.2 Å². The third kappa shape index (κ3) is 4.27. The number of hydrogen-bond donors (Lipinski definition) is 0. The Morgan fingerprint density at radius 2 is 1.97 bits per heavy atom. The molecule has 148 valence electrons. The van der Waals surface area contributed by atoms with Gasteiger partial charge in [-0.15, -0.1) is 6.42 Å². The van der Waals surface area contributed by atoms with E-state index < -0.39 is 6.10 Å². The van der Waals surface area contributed by atoms with Gasteiger partial charge in [-0.1, -0.05) is 30.2 Å². The lowest BCUT2D eigenvalue weighted by Gasteiger charge is -2.08. The number of rotatable bonds is 7. The molecule has 1 unspecified atom stereocenters. The second kappa shape index (κ2) is 8.69.